The quantitative estimate of drug-likeness (QED) is 0.0782. The first kappa shape index (κ1) is 62.7. The predicted octanol–water partition coefficient (Wildman–Crippen LogP) is 11.7. The van der Waals surface area contributed by atoms with E-state index in [2.05, 4.69) is 9.47 Å². The minimum Gasteiger partial charge on any atom is -0.460 e. The highest BCUT2D eigenvalue weighted by Gasteiger charge is 2.12. The summed E-state index contributed by atoms with van der Waals surface area (Å²) in [5.41, 5.74) is 0.169. The highest BCUT2D eigenvalue weighted by molar-refractivity contribution is 5.90. The summed E-state index contributed by atoms with van der Waals surface area (Å²) in [7, 11) is 0. The van der Waals surface area contributed by atoms with E-state index in [9.17, 15) is 35.9 Å². The van der Waals surface area contributed by atoms with E-state index in [1.807, 2.05) is 0 Å². The molecule has 2 aromatic rings. The van der Waals surface area contributed by atoms with Gasteiger partial charge in [0.2, 0.25) is 0 Å². The Morgan fingerprint density at radius 1 is 0.542 bits per heavy atom. The molecule has 1 atom stereocenters. The lowest BCUT2D eigenvalue weighted by molar-refractivity contribution is -0.0324. The lowest BCUT2D eigenvalue weighted by Crippen LogP contribution is -2.21. The first-order chi connectivity index (χ1) is 18.6. The molecule has 0 aromatic heterocycles. The van der Waals surface area contributed by atoms with Crippen molar-refractivity contribution in [2.45, 2.75) is 79.9 Å². The molecule has 0 radical (unpaired) electrons. The molecule has 284 valence electrons. The Bertz CT molecular complexity index is 1150. The molecule has 0 bridgehead atoms. The third-order valence-corrected chi connectivity index (χ3v) is 4.42. The number of halogens is 6. The molecular formula is C34H58F6O8. The molecule has 0 aliphatic heterocycles. The molecule has 0 spiro atoms. The summed E-state index contributed by atoms with van der Waals surface area (Å²) < 4.78 is 103. The van der Waals surface area contributed by atoms with Crippen molar-refractivity contribution in [3.8, 4) is 11.5 Å². The van der Waals surface area contributed by atoms with E-state index >= 15 is 0 Å². The maximum atomic E-state index is 12.8. The van der Waals surface area contributed by atoms with E-state index in [1.165, 1.54) is 24.3 Å². The number of esters is 2. The van der Waals surface area contributed by atoms with Gasteiger partial charge in [0.05, 0.1) is 37.1 Å². The summed E-state index contributed by atoms with van der Waals surface area (Å²) in [5, 5.41) is 0. The van der Waals surface area contributed by atoms with Gasteiger partial charge in [0.1, 0.15) is 24.7 Å². The molecule has 0 saturated heterocycles. The zero-order valence-corrected chi connectivity index (χ0v) is 20.3. The molecule has 2 aromatic carbocycles. The van der Waals surface area contributed by atoms with Crippen LogP contribution in [0.25, 0.3) is 0 Å². The van der Waals surface area contributed by atoms with Crippen LogP contribution in [-0.4, -0.2) is 51.1 Å². The zero-order chi connectivity index (χ0) is 28.8. The van der Waals surface area contributed by atoms with Crippen LogP contribution in [0, 0.1) is 0 Å². The van der Waals surface area contributed by atoms with Gasteiger partial charge in [-0.15, -0.1) is 0 Å². The van der Waals surface area contributed by atoms with Crippen LogP contribution in [-0.2, 0) is 18.9 Å². The number of carbonyl (C=O) groups excluding carboxylic acids is 2. The smallest absolute Gasteiger partial charge is 0.344 e. The van der Waals surface area contributed by atoms with Crippen molar-refractivity contribution in [1.29, 1.82) is 0 Å². The molecule has 8 nitrogen and oxygen atoms in total. The Kier molecular flexibility index (Phi) is 43.0. The number of rotatable bonds is 15. The Balaban J connectivity index is -0.000000296. The van der Waals surface area contributed by atoms with Gasteiger partial charge in [-0.2, -0.15) is 26.3 Å². The number of hydrogen-bond acceptors (Lipinski definition) is 8. The number of benzene rings is 2. The summed E-state index contributed by atoms with van der Waals surface area (Å²) in [6, 6.07) is 5.27. The standard InChI is InChI=1S/C25H22F6O8.9CH4/c1-15(35-12-13-37-25(33)17-4-8-19(9-5-17)39-23(31)21(28)29)14-34-10-11-36-24(32)16-2-6-18(7-3-16)38-22(30)20(26)27;;;;;;;;;/h2-9,15H,10-14H2,1H3;9*1H4. The highest BCUT2D eigenvalue weighted by Crippen LogP contribution is 2.20. The molecule has 2 rings (SSSR count). The second-order valence-electron chi connectivity index (χ2n) is 7.35. The molecule has 1 unspecified atom stereocenters. The van der Waals surface area contributed by atoms with Gasteiger partial charge in [-0.3, -0.25) is 0 Å². The normalized spacial score (nSPS) is 9.15. The van der Waals surface area contributed by atoms with Crippen molar-refractivity contribution in [2.24, 2.45) is 0 Å². The Hall–Kier alpha value is -4.04. The summed E-state index contributed by atoms with van der Waals surface area (Å²) in [5.74, 6) is -1.89. The van der Waals surface area contributed by atoms with Gasteiger partial charge in [0.25, 0.3) is 0 Å². The maximum absolute atomic E-state index is 12.8. The summed E-state index contributed by atoms with van der Waals surface area (Å²) >= 11 is 0. The number of carbonyl (C=O) groups is 2. The fourth-order valence-corrected chi connectivity index (χ4v) is 2.64. The van der Waals surface area contributed by atoms with Crippen molar-refractivity contribution in [3.05, 3.63) is 83.8 Å². The second kappa shape index (κ2) is 32.9. The Labute approximate surface area is 284 Å². The van der Waals surface area contributed by atoms with Gasteiger partial charge >= 0.3 is 36.1 Å². The van der Waals surface area contributed by atoms with Crippen molar-refractivity contribution < 1.29 is 64.4 Å². The van der Waals surface area contributed by atoms with E-state index < -0.39 is 42.2 Å². The average molecular weight is 709 g/mol. The SMILES string of the molecule is C.C.C.C.C.C.C.C.C.CC(COCCOC(=O)c1ccc(OC(F)=C(F)F)cc1)OCCOC(=O)c1ccc(OC(F)=C(F)F)cc1. The molecule has 0 aliphatic rings. The molecule has 0 heterocycles. The third kappa shape index (κ3) is 23.3. The van der Waals surface area contributed by atoms with Crippen LogP contribution < -0.4 is 9.47 Å². The molecule has 0 N–H and O–H groups in total. The summed E-state index contributed by atoms with van der Waals surface area (Å²) in [6.07, 6.45) is -5.61. The van der Waals surface area contributed by atoms with Crippen LogP contribution >= 0.6 is 0 Å². The van der Waals surface area contributed by atoms with Crippen LogP contribution in [0.1, 0.15) is 94.5 Å². The number of ether oxygens (including phenoxy) is 6. The Morgan fingerprint density at radius 2 is 0.875 bits per heavy atom. The van der Waals surface area contributed by atoms with Gasteiger partial charge in [0.15, 0.2) is 0 Å². The zero-order valence-electron chi connectivity index (χ0n) is 20.3. The monoisotopic (exact) mass is 708 g/mol. The van der Waals surface area contributed by atoms with E-state index in [4.69, 9.17) is 18.9 Å². The molecular weight excluding hydrogens is 650 g/mol. The van der Waals surface area contributed by atoms with Gasteiger partial charge in [-0.1, -0.05) is 66.8 Å². The minimum atomic E-state index is -2.61. The predicted molar refractivity (Wildman–Crippen MR) is 182 cm³/mol. The first-order valence-corrected chi connectivity index (χ1v) is 11.1. The molecule has 48 heavy (non-hydrogen) atoms. The lowest BCUT2D eigenvalue weighted by Gasteiger charge is -2.14. The van der Waals surface area contributed by atoms with Crippen LogP contribution in [0.15, 0.2) is 72.7 Å². The van der Waals surface area contributed by atoms with Crippen molar-refractivity contribution in [1.82, 2.24) is 0 Å². The van der Waals surface area contributed by atoms with Crippen molar-refractivity contribution in [3.63, 3.8) is 0 Å². The summed E-state index contributed by atoms with van der Waals surface area (Å²) in [6.45, 7) is 1.71. The average Bonchev–Trinajstić information content (AvgIpc) is 2.91. The van der Waals surface area contributed by atoms with Gasteiger partial charge < -0.3 is 28.4 Å². The largest absolute Gasteiger partial charge is 0.460 e. The maximum Gasteiger partial charge on any atom is 0.344 e. The Morgan fingerprint density at radius 3 is 1.21 bits per heavy atom. The minimum absolute atomic E-state index is 0. The molecule has 0 fully saturated rings. The second-order valence-corrected chi connectivity index (χ2v) is 7.35. The van der Waals surface area contributed by atoms with E-state index in [0.29, 0.717) is 0 Å². The molecule has 14 heteroatoms. The van der Waals surface area contributed by atoms with E-state index in [-0.39, 0.29) is 123 Å². The fourth-order valence-electron chi connectivity index (χ4n) is 2.64. The van der Waals surface area contributed by atoms with Crippen LogP contribution in [0.2, 0.25) is 0 Å². The van der Waals surface area contributed by atoms with Gasteiger partial charge in [-0.25, -0.2) is 9.59 Å². The number of hydrogen-bond donors (Lipinski definition) is 0. The lowest BCUT2D eigenvalue weighted by atomic mass is 10.2. The van der Waals surface area contributed by atoms with E-state index in [0.717, 1.165) is 24.3 Å². The van der Waals surface area contributed by atoms with Gasteiger partial charge in [-0.05, 0) is 55.5 Å². The highest BCUT2D eigenvalue weighted by atomic mass is 19.3. The van der Waals surface area contributed by atoms with Crippen LogP contribution in [0.4, 0.5) is 26.3 Å². The summed E-state index contributed by atoms with van der Waals surface area (Å²) in [4.78, 5) is 23.9. The third-order valence-electron chi connectivity index (χ3n) is 4.42. The van der Waals surface area contributed by atoms with Crippen molar-refractivity contribution >= 4 is 11.9 Å². The van der Waals surface area contributed by atoms with E-state index in [1.54, 1.807) is 6.92 Å². The fraction of sp³-hybridized carbons (Fsp3) is 0.471. The molecule has 0 saturated carbocycles. The van der Waals surface area contributed by atoms with Gasteiger partial charge in [0, 0.05) is 0 Å². The van der Waals surface area contributed by atoms with Crippen LogP contribution in [0.5, 0.6) is 11.5 Å². The first-order valence-electron chi connectivity index (χ1n) is 11.1. The molecule has 0 aliphatic carbocycles. The van der Waals surface area contributed by atoms with Crippen molar-refractivity contribution in [2.75, 3.05) is 33.0 Å². The topological polar surface area (TPSA) is 89.5 Å². The van der Waals surface area contributed by atoms with Crippen LogP contribution in [0.3, 0.4) is 0 Å². The molecule has 0 amide bonds.